The lowest BCUT2D eigenvalue weighted by Crippen LogP contribution is -2.23. The number of amides is 1. The molecule has 0 heterocycles. The molecule has 0 aliphatic carbocycles. The Labute approximate surface area is 137 Å². The van der Waals surface area contributed by atoms with E-state index < -0.39 is 0 Å². The van der Waals surface area contributed by atoms with Crippen LogP contribution in [0.25, 0.3) is 0 Å². The summed E-state index contributed by atoms with van der Waals surface area (Å²) in [6.45, 7) is 6.54. The van der Waals surface area contributed by atoms with Gasteiger partial charge < -0.3 is 5.73 Å². The highest BCUT2D eigenvalue weighted by molar-refractivity contribution is 6.30. The lowest BCUT2D eigenvalue weighted by Gasteiger charge is -2.20. The Morgan fingerprint density at radius 2 is 1.77 bits per heavy atom. The number of carbonyl (C=O) groups is 1. The second kappa shape index (κ2) is 6.53. The smallest absolute Gasteiger partial charge is 0.225 e. The predicted octanol–water partition coefficient (Wildman–Crippen LogP) is 4.45. The van der Waals surface area contributed by atoms with Crippen LogP contribution in [0.15, 0.2) is 48.5 Å². The summed E-state index contributed by atoms with van der Waals surface area (Å²) >= 11 is 6.02. The average Bonchev–Trinajstić information content (AvgIpc) is 2.44. The zero-order chi connectivity index (χ0) is 16.3. The van der Waals surface area contributed by atoms with Crippen molar-refractivity contribution in [2.45, 2.75) is 38.5 Å². The summed E-state index contributed by atoms with van der Waals surface area (Å²) in [5.41, 5.74) is 8.93. The van der Waals surface area contributed by atoms with Crippen LogP contribution < -0.4 is 5.73 Å². The molecule has 0 bridgehead atoms. The lowest BCUT2D eigenvalue weighted by atomic mass is 9.85. The Morgan fingerprint density at radius 3 is 2.27 bits per heavy atom. The van der Waals surface area contributed by atoms with Gasteiger partial charge in [0, 0.05) is 5.02 Å². The summed E-state index contributed by atoms with van der Waals surface area (Å²) in [6, 6.07) is 15.7. The van der Waals surface area contributed by atoms with Crippen LogP contribution in [0.5, 0.6) is 0 Å². The fourth-order valence-corrected chi connectivity index (χ4v) is 2.68. The highest BCUT2D eigenvalue weighted by atomic mass is 35.5. The van der Waals surface area contributed by atoms with Gasteiger partial charge in [-0.2, -0.15) is 0 Å². The van der Waals surface area contributed by atoms with E-state index in [4.69, 9.17) is 17.3 Å². The van der Waals surface area contributed by atoms with Crippen molar-refractivity contribution in [2.24, 2.45) is 5.73 Å². The molecule has 22 heavy (non-hydrogen) atoms. The second-order valence-electron chi connectivity index (χ2n) is 6.66. The molecule has 0 spiro atoms. The van der Waals surface area contributed by atoms with Crippen LogP contribution in [0.4, 0.5) is 0 Å². The molecule has 0 aliphatic rings. The lowest BCUT2D eigenvalue weighted by molar-refractivity contribution is -0.119. The topological polar surface area (TPSA) is 43.1 Å². The molecule has 0 saturated heterocycles. The molecule has 1 amide bonds. The van der Waals surface area contributed by atoms with Crippen molar-refractivity contribution < 1.29 is 4.79 Å². The van der Waals surface area contributed by atoms with Gasteiger partial charge in [-0.15, -0.1) is 0 Å². The van der Waals surface area contributed by atoms with E-state index in [-0.39, 0.29) is 17.2 Å². The van der Waals surface area contributed by atoms with E-state index in [0.29, 0.717) is 11.4 Å². The van der Waals surface area contributed by atoms with Crippen molar-refractivity contribution in [3.63, 3.8) is 0 Å². The molecule has 0 aliphatic heterocycles. The molecule has 2 N–H and O–H groups in total. The molecule has 2 nitrogen and oxygen atoms in total. The van der Waals surface area contributed by atoms with Crippen molar-refractivity contribution in [3.05, 3.63) is 70.2 Å². The number of rotatable bonds is 4. The number of primary amides is 1. The van der Waals surface area contributed by atoms with Crippen LogP contribution in [0.3, 0.4) is 0 Å². The van der Waals surface area contributed by atoms with Gasteiger partial charge in [0.1, 0.15) is 0 Å². The Kier molecular flexibility index (Phi) is 4.92. The molecule has 1 atom stereocenters. The summed E-state index contributed by atoms with van der Waals surface area (Å²) in [5.74, 6) is -0.693. The van der Waals surface area contributed by atoms with Crippen LogP contribution in [0, 0.1) is 0 Å². The summed E-state index contributed by atoms with van der Waals surface area (Å²) < 4.78 is 0. The van der Waals surface area contributed by atoms with Gasteiger partial charge in [-0.05, 0) is 40.7 Å². The molecule has 3 heteroatoms. The average molecular weight is 316 g/mol. The van der Waals surface area contributed by atoms with Gasteiger partial charge in [0.25, 0.3) is 0 Å². The standard InChI is InChI=1S/C19H22ClNO/c1-19(2,3)15-9-7-13(8-10-15)11-17(18(21)22)14-5-4-6-16(20)12-14/h4-10,12,17H,11H2,1-3H3,(H2,21,22). The van der Waals surface area contributed by atoms with E-state index in [1.54, 1.807) is 12.1 Å². The Bertz CT molecular complexity index is 656. The highest BCUT2D eigenvalue weighted by Gasteiger charge is 2.19. The molecule has 1 unspecified atom stereocenters. The van der Waals surface area contributed by atoms with Gasteiger partial charge in [-0.3, -0.25) is 4.79 Å². The monoisotopic (exact) mass is 315 g/mol. The maximum atomic E-state index is 11.8. The molecule has 0 saturated carbocycles. The number of halogens is 1. The largest absolute Gasteiger partial charge is 0.369 e. The molecular weight excluding hydrogens is 294 g/mol. The maximum absolute atomic E-state index is 11.8. The van der Waals surface area contributed by atoms with Crippen molar-refractivity contribution in [1.29, 1.82) is 0 Å². The van der Waals surface area contributed by atoms with Gasteiger partial charge >= 0.3 is 0 Å². The second-order valence-corrected chi connectivity index (χ2v) is 7.10. The molecule has 2 rings (SSSR count). The SMILES string of the molecule is CC(C)(C)c1ccc(CC(C(N)=O)c2cccc(Cl)c2)cc1. The molecule has 0 aromatic heterocycles. The molecule has 2 aromatic carbocycles. The van der Waals surface area contributed by atoms with Crippen LogP contribution in [-0.2, 0) is 16.6 Å². The van der Waals surface area contributed by atoms with Crippen LogP contribution in [-0.4, -0.2) is 5.91 Å². The van der Waals surface area contributed by atoms with Crippen molar-refractivity contribution in [3.8, 4) is 0 Å². The maximum Gasteiger partial charge on any atom is 0.225 e. The minimum Gasteiger partial charge on any atom is -0.369 e. The summed E-state index contributed by atoms with van der Waals surface area (Å²) in [6.07, 6.45) is 0.583. The number of hydrogen-bond donors (Lipinski definition) is 1. The molecule has 116 valence electrons. The minimum absolute atomic E-state index is 0.120. The molecular formula is C19H22ClNO. The van der Waals surface area contributed by atoms with Gasteiger partial charge in [0.05, 0.1) is 5.92 Å². The Morgan fingerprint density at radius 1 is 1.14 bits per heavy atom. The van der Waals surface area contributed by atoms with Crippen molar-refractivity contribution >= 4 is 17.5 Å². The normalized spacial score (nSPS) is 12.9. The van der Waals surface area contributed by atoms with E-state index >= 15 is 0 Å². The van der Waals surface area contributed by atoms with E-state index in [0.717, 1.165) is 11.1 Å². The fraction of sp³-hybridized carbons (Fsp3) is 0.316. The summed E-state index contributed by atoms with van der Waals surface area (Å²) in [4.78, 5) is 11.8. The number of benzene rings is 2. The van der Waals surface area contributed by atoms with Gasteiger partial charge in [0.2, 0.25) is 5.91 Å². The molecule has 0 radical (unpaired) electrons. The third-order valence-corrected chi connectivity index (χ3v) is 4.09. The quantitative estimate of drug-likeness (QED) is 0.890. The van der Waals surface area contributed by atoms with Gasteiger partial charge in [0.15, 0.2) is 0 Å². The van der Waals surface area contributed by atoms with E-state index in [1.807, 2.05) is 12.1 Å². The van der Waals surface area contributed by atoms with E-state index in [1.165, 1.54) is 5.56 Å². The Hall–Kier alpha value is -1.80. The third kappa shape index (κ3) is 4.11. The zero-order valence-electron chi connectivity index (χ0n) is 13.3. The van der Waals surface area contributed by atoms with Crippen LogP contribution >= 0.6 is 11.6 Å². The first-order valence-electron chi connectivity index (χ1n) is 7.41. The number of hydrogen-bond acceptors (Lipinski definition) is 1. The zero-order valence-corrected chi connectivity index (χ0v) is 14.0. The van der Waals surface area contributed by atoms with Gasteiger partial charge in [-0.25, -0.2) is 0 Å². The van der Waals surface area contributed by atoms with Crippen LogP contribution in [0.1, 0.15) is 43.4 Å². The molecule has 0 fully saturated rings. The summed E-state index contributed by atoms with van der Waals surface area (Å²) in [7, 11) is 0. The highest BCUT2D eigenvalue weighted by Crippen LogP contribution is 2.26. The third-order valence-electron chi connectivity index (χ3n) is 3.85. The van der Waals surface area contributed by atoms with Crippen molar-refractivity contribution in [2.75, 3.05) is 0 Å². The Balaban J connectivity index is 2.24. The first kappa shape index (κ1) is 16.6. The molecule has 2 aromatic rings. The summed E-state index contributed by atoms with van der Waals surface area (Å²) in [5, 5.41) is 0.617. The predicted molar refractivity (Wildman–Crippen MR) is 92.2 cm³/mol. The number of carbonyl (C=O) groups excluding carboxylic acids is 1. The fourth-order valence-electron chi connectivity index (χ4n) is 2.48. The van der Waals surface area contributed by atoms with Crippen molar-refractivity contribution in [1.82, 2.24) is 0 Å². The van der Waals surface area contributed by atoms with E-state index in [9.17, 15) is 4.79 Å². The minimum atomic E-state index is -0.362. The van der Waals surface area contributed by atoms with E-state index in [2.05, 4.69) is 45.0 Å². The first-order valence-corrected chi connectivity index (χ1v) is 7.79. The number of nitrogens with two attached hydrogens (primary N) is 1. The van der Waals surface area contributed by atoms with Crippen LogP contribution in [0.2, 0.25) is 5.02 Å². The first-order chi connectivity index (χ1) is 10.3. The van der Waals surface area contributed by atoms with Gasteiger partial charge in [-0.1, -0.05) is 68.8 Å².